The number of allylic oxidation sites excluding steroid dienone is 2. The Kier molecular flexibility index (Phi) is 3.20. The Balaban J connectivity index is 2.71. The van der Waals surface area contributed by atoms with Crippen molar-refractivity contribution in [2.24, 2.45) is 5.92 Å². The van der Waals surface area contributed by atoms with E-state index in [0.29, 0.717) is 17.9 Å². The highest BCUT2D eigenvalue weighted by Crippen LogP contribution is 2.19. The van der Waals surface area contributed by atoms with E-state index in [9.17, 15) is 9.59 Å². The Labute approximate surface area is 72.7 Å². The van der Waals surface area contributed by atoms with Gasteiger partial charge in [-0.15, -0.1) is 0 Å². The predicted molar refractivity (Wildman–Crippen MR) is 46.8 cm³/mol. The van der Waals surface area contributed by atoms with Crippen molar-refractivity contribution in [2.75, 3.05) is 0 Å². The molecule has 0 fully saturated rings. The lowest BCUT2D eigenvalue weighted by atomic mass is 9.92. The first-order valence-electron chi connectivity index (χ1n) is 4.41. The van der Waals surface area contributed by atoms with Crippen molar-refractivity contribution in [1.82, 2.24) is 0 Å². The summed E-state index contributed by atoms with van der Waals surface area (Å²) in [6.07, 6.45) is 5.68. The molecule has 1 atom stereocenters. The van der Waals surface area contributed by atoms with E-state index in [-0.39, 0.29) is 5.78 Å². The second-order valence-corrected chi connectivity index (χ2v) is 3.50. The van der Waals surface area contributed by atoms with Gasteiger partial charge in [0.25, 0.3) is 0 Å². The summed E-state index contributed by atoms with van der Waals surface area (Å²) < 4.78 is 0. The second-order valence-electron chi connectivity index (χ2n) is 3.50. The van der Waals surface area contributed by atoms with Crippen molar-refractivity contribution in [3.8, 4) is 0 Å². The molecule has 1 aliphatic rings. The van der Waals surface area contributed by atoms with E-state index in [1.165, 1.54) is 6.08 Å². The van der Waals surface area contributed by atoms with E-state index in [1.54, 1.807) is 0 Å². The van der Waals surface area contributed by atoms with Crippen molar-refractivity contribution >= 4 is 12.1 Å². The van der Waals surface area contributed by atoms with Crippen LogP contribution in [0.2, 0.25) is 0 Å². The van der Waals surface area contributed by atoms with Crippen LogP contribution in [0.25, 0.3) is 0 Å². The number of aldehydes is 1. The Morgan fingerprint density at radius 3 is 3.00 bits per heavy atom. The normalized spacial score (nSPS) is 29.9. The molecule has 0 spiro atoms. The molecule has 1 aliphatic carbocycles. The third-order valence-electron chi connectivity index (χ3n) is 2.20. The van der Waals surface area contributed by atoms with Gasteiger partial charge in [-0.1, -0.05) is 6.92 Å². The molecule has 0 saturated heterocycles. The molecule has 0 aliphatic heterocycles. The van der Waals surface area contributed by atoms with E-state index in [4.69, 9.17) is 0 Å². The standard InChI is InChI=1S/C10H14O2/c1-8-3-2-4-10(12)6-9(5-8)7-11/h6-8H,2-5H2,1H3/b9-6+. The third-order valence-corrected chi connectivity index (χ3v) is 2.20. The van der Waals surface area contributed by atoms with Crippen LogP contribution in [0.3, 0.4) is 0 Å². The van der Waals surface area contributed by atoms with Gasteiger partial charge in [0.15, 0.2) is 5.78 Å². The zero-order chi connectivity index (χ0) is 8.97. The Morgan fingerprint density at radius 2 is 2.33 bits per heavy atom. The number of ketones is 1. The summed E-state index contributed by atoms with van der Waals surface area (Å²) in [5.74, 6) is 0.638. The Morgan fingerprint density at radius 1 is 1.58 bits per heavy atom. The van der Waals surface area contributed by atoms with Crippen LogP contribution in [0, 0.1) is 5.92 Å². The first-order valence-corrected chi connectivity index (χ1v) is 4.41. The van der Waals surface area contributed by atoms with Gasteiger partial charge in [0.1, 0.15) is 6.29 Å². The van der Waals surface area contributed by atoms with E-state index in [1.807, 2.05) is 0 Å². The van der Waals surface area contributed by atoms with Gasteiger partial charge in [-0.05, 0) is 36.8 Å². The van der Waals surface area contributed by atoms with Gasteiger partial charge in [-0.25, -0.2) is 0 Å². The van der Waals surface area contributed by atoms with E-state index in [0.717, 1.165) is 25.5 Å². The maximum Gasteiger partial charge on any atom is 0.156 e. The highest BCUT2D eigenvalue weighted by atomic mass is 16.1. The van der Waals surface area contributed by atoms with Crippen LogP contribution in [-0.2, 0) is 9.59 Å². The van der Waals surface area contributed by atoms with Crippen LogP contribution in [-0.4, -0.2) is 12.1 Å². The molecule has 0 aromatic rings. The van der Waals surface area contributed by atoms with Gasteiger partial charge in [0, 0.05) is 6.42 Å². The Hall–Kier alpha value is -0.920. The maximum atomic E-state index is 11.1. The Bertz CT molecular complexity index is 216. The number of hydrogen-bond donors (Lipinski definition) is 0. The molecule has 1 unspecified atom stereocenters. The number of carbonyl (C=O) groups is 2. The molecule has 0 aromatic carbocycles. The summed E-state index contributed by atoms with van der Waals surface area (Å²) >= 11 is 0. The molecular formula is C10H14O2. The smallest absolute Gasteiger partial charge is 0.156 e. The second kappa shape index (κ2) is 4.19. The summed E-state index contributed by atoms with van der Waals surface area (Å²) in [5, 5.41) is 0. The maximum absolute atomic E-state index is 11.1. The van der Waals surface area contributed by atoms with Gasteiger partial charge in [0.2, 0.25) is 0 Å². The molecule has 2 heteroatoms. The van der Waals surface area contributed by atoms with E-state index >= 15 is 0 Å². The first-order chi connectivity index (χ1) is 5.72. The molecule has 2 nitrogen and oxygen atoms in total. The fourth-order valence-corrected chi connectivity index (χ4v) is 1.55. The van der Waals surface area contributed by atoms with Crippen LogP contribution < -0.4 is 0 Å². The summed E-state index contributed by atoms with van der Waals surface area (Å²) in [6, 6.07) is 0. The minimum Gasteiger partial charge on any atom is -0.298 e. The largest absolute Gasteiger partial charge is 0.298 e. The van der Waals surface area contributed by atoms with Gasteiger partial charge in [-0.2, -0.15) is 0 Å². The van der Waals surface area contributed by atoms with Gasteiger partial charge in [0.05, 0.1) is 0 Å². The van der Waals surface area contributed by atoms with Gasteiger partial charge < -0.3 is 0 Å². The van der Waals surface area contributed by atoms with Crippen molar-refractivity contribution < 1.29 is 9.59 Å². The quantitative estimate of drug-likeness (QED) is 0.557. The lowest BCUT2D eigenvalue weighted by Crippen LogP contribution is -2.06. The van der Waals surface area contributed by atoms with Gasteiger partial charge in [-0.3, -0.25) is 9.59 Å². The minimum absolute atomic E-state index is 0.101. The summed E-state index contributed by atoms with van der Waals surface area (Å²) in [5.41, 5.74) is 0.659. The predicted octanol–water partition coefficient (Wildman–Crippen LogP) is 1.89. The average molecular weight is 166 g/mol. The summed E-state index contributed by atoms with van der Waals surface area (Å²) in [7, 11) is 0. The number of rotatable bonds is 1. The highest BCUT2D eigenvalue weighted by molar-refractivity contribution is 5.95. The summed E-state index contributed by atoms with van der Waals surface area (Å²) in [6.45, 7) is 2.12. The fourth-order valence-electron chi connectivity index (χ4n) is 1.55. The van der Waals surface area contributed by atoms with E-state index in [2.05, 4.69) is 6.92 Å². The third kappa shape index (κ3) is 2.61. The van der Waals surface area contributed by atoms with Gasteiger partial charge >= 0.3 is 0 Å². The fraction of sp³-hybridized carbons (Fsp3) is 0.600. The number of hydrogen-bond acceptors (Lipinski definition) is 2. The summed E-state index contributed by atoms with van der Waals surface area (Å²) in [4.78, 5) is 21.6. The van der Waals surface area contributed by atoms with Crippen LogP contribution in [0.15, 0.2) is 11.6 Å². The molecule has 0 N–H and O–H groups in total. The zero-order valence-electron chi connectivity index (χ0n) is 7.38. The monoisotopic (exact) mass is 166 g/mol. The topological polar surface area (TPSA) is 34.1 Å². The van der Waals surface area contributed by atoms with Crippen LogP contribution in [0.5, 0.6) is 0 Å². The first kappa shape index (κ1) is 9.17. The number of carbonyl (C=O) groups excluding carboxylic acids is 2. The molecule has 66 valence electrons. The molecule has 0 amide bonds. The van der Waals surface area contributed by atoms with Crippen LogP contribution >= 0.6 is 0 Å². The van der Waals surface area contributed by atoms with Crippen LogP contribution in [0.1, 0.15) is 32.6 Å². The SMILES string of the molecule is CC1CCCC(=O)/C=C(/C=O)C1. The average Bonchev–Trinajstić information content (AvgIpc) is 2.00. The molecule has 0 bridgehead atoms. The van der Waals surface area contributed by atoms with Crippen molar-refractivity contribution in [3.63, 3.8) is 0 Å². The van der Waals surface area contributed by atoms with Crippen molar-refractivity contribution in [1.29, 1.82) is 0 Å². The lowest BCUT2D eigenvalue weighted by molar-refractivity contribution is -0.115. The highest BCUT2D eigenvalue weighted by Gasteiger charge is 2.11. The van der Waals surface area contributed by atoms with Crippen molar-refractivity contribution in [2.45, 2.75) is 32.6 Å². The lowest BCUT2D eigenvalue weighted by Gasteiger charge is -2.12. The molecule has 0 heterocycles. The molecule has 0 saturated carbocycles. The van der Waals surface area contributed by atoms with Crippen LogP contribution in [0.4, 0.5) is 0 Å². The zero-order valence-corrected chi connectivity index (χ0v) is 7.38. The molecule has 1 rings (SSSR count). The molecule has 0 radical (unpaired) electrons. The molecular weight excluding hydrogens is 152 g/mol. The minimum atomic E-state index is 0.101. The van der Waals surface area contributed by atoms with E-state index < -0.39 is 0 Å². The molecule has 0 aromatic heterocycles. The molecule has 12 heavy (non-hydrogen) atoms. The van der Waals surface area contributed by atoms with Crippen molar-refractivity contribution in [3.05, 3.63) is 11.6 Å².